The van der Waals surface area contributed by atoms with Crippen LogP contribution in [0.25, 0.3) is 0 Å². The molecule has 2 saturated heterocycles. The Morgan fingerprint density at radius 1 is 0.963 bits per heavy atom. The average Bonchev–Trinajstić information content (AvgIpc) is 3.43. The minimum Gasteiger partial charge on any atom is -0.477 e. The molecule has 3 heterocycles. The molecular weight excluding hydrogens is 366 g/mol. The van der Waals surface area contributed by atoms with Crippen LogP contribution in [0.4, 0.5) is 0 Å². The van der Waals surface area contributed by atoms with Gasteiger partial charge in [-0.2, -0.15) is 0 Å². The Morgan fingerprint density at radius 3 is 2.30 bits per heavy atom. The SMILES string of the molecule is O=C(O)c1cnc(C2CCN(C(=O)C3CCCN(C(=O)C4CC4)C3)CC2)s1. The highest BCUT2D eigenvalue weighted by atomic mass is 32.1. The molecular formula is C19H25N3O4S. The van der Waals surface area contributed by atoms with Crippen molar-refractivity contribution in [1.82, 2.24) is 14.8 Å². The quantitative estimate of drug-likeness (QED) is 0.850. The Kier molecular flexibility index (Phi) is 5.16. The summed E-state index contributed by atoms with van der Waals surface area (Å²) in [5, 5.41) is 9.90. The number of aromatic nitrogens is 1. The van der Waals surface area contributed by atoms with E-state index in [1.165, 1.54) is 17.5 Å². The van der Waals surface area contributed by atoms with Crippen LogP contribution in [0.1, 0.15) is 59.1 Å². The number of carboxylic acids is 1. The number of hydrogen-bond acceptors (Lipinski definition) is 5. The molecule has 4 rings (SSSR count). The van der Waals surface area contributed by atoms with Gasteiger partial charge in [0.15, 0.2) is 0 Å². The van der Waals surface area contributed by atoms with Gasteiger partial charge in [-0.25, -0.2) is 9.78 Å². The maximum Gasteiger partial charge on any atom is 0.347 e. The van der Waals surface area contributed by atoms with Crippen molar-refractivity contribution in [2.45, 2.75) is 44.4 Å². The minimum absolute atomic E-state index is 0.0727. The number of amides is 2. The zero-order chi connectivity index (χ0) is 19.0. The van der Waals surface area contributed by atoms with Crippen LogP contribution in [-0.4, -0.2) is 63.9 Å². The zero-order valence-electron chi connectivity index (χ0n) is 15.3. The number of carboxylic acid groups (broad SMARTS) is 1. The van der Waals surface area contributed by atoms with Gasteiger partial charge < -0.3 is 14.9 Å². The largest absolute Gasteiger partial charge is 0.477 e. The number of rotatable bonds is 4. The van der Waals surface area contributed by atoms with Gasteiger partial charge in [0.1, 0.15) is 4.88 Å². The second-order valence-corrected chi connectivity index (χ2v) is 8.93. The van der Waals surface area contributed by atoms with Crippen molar-refractivity contribution in [3.05, 3.63) is 16.1 Å². The molecule has 3 fully saturated rings. The Balaban J connectivity index is 1.31. The van der Waals surface area contributed by atoms with Crippen molar-refractivity contribution in [3.63, 3.8) is 0 Å². The molecule has 1 atom stereocenters. The second-order valence-electron chi connectivity index (χ2n) is 7.87. The number of aromatic carboxylic acids is 1. The number of nitrogens with zero attached hydrogens (tertiary/aromatic N) is 3. The lowest BCUT2D eigenvalue weighted by Crippen LogP contribution is -2.48. The molecule has 1 unspecified atom stereocenters. The van der Waals surface area contributed by atoms with Gasteiger partial charge in [0.25, 0.3) is 0 Å². The second kappa shape index (κ2) is 7.58. The molecule has 1 saturated carbocycles. The smallest absolute Gasteiger partial charge is 0.347 e. The average molecular weight is 391 g/mol. The predicted octanol–water partition coefficient (Wildman–Crippen LogP) is 2.20. The van der Waals surface area contributed by atoms with Crippen molar-refractivity contribution < 1.29 is 19.5 Å². The molecule has 0 aromatic carbocycles. The van der Waals surface area contributed by atoms with Crippen molar-refractivity contribution >= 4 is 29.1 Å². The van der Waals surface area contributed by atoms with Gasteiger partial charge >= 0.3 is 5.97 Å². The van der Waals surface area contributed by atoms with E-state index < -0.39 is 5.97 Å². The van der Waals surface area contributed by atoms with Gasteiger partial charge in [0.05, 0.1) is 17.1 Å². The summed E-state index contributed by atoms with van der Waals surface area (Å²) in [7, 11) is 0. The zero-order valence-corrected chi connectivity index (χ0v) is 16.1. The molecule has 1 aliphatic carbocycles. The van der Waals surface area contributed by atoms with Crippen molar-refractivity contribution in [2.24, 2.45) is 11.8 Å². The first kappa shape index (κ1) is 18.4. The summed E-state index contributed by atoms with van der Waals surface area (Å²) in [6.07, 6.45) is 6.83. The normalized spacial score (nSPS) is 24.1. The van der Waals surface area contributed by atoms with Crippen LogP contribution in [0.2, 0.25) is 0 Å². The summed E-state index contributed by atoms with van der Waals surface area (Å²) >= 11 is 1.24. The lowest BCUT2D eigenvalue weighted by molar-refractivity contribution is -0.142. The van der Waals surface area contributed by atoms with Crippen LogP contribution in [0.15, 0.2) is 6.20 Å². The van der Waals surface area contributed by atoms with Crippen LogP contribution < -0.4 is 0 Å². The fraction of sp³-hybridized carbons (Fsp3) is 0.684. The highest BCUT2D eigenvalue weighted by Crippen LogP contribution is 2.34. The third-order valence-electron chi connectivity index (χ3n) is 5.90. The number of carbonyl (C=O) groups is 3. The number of hydrogen-bond donors (Lipinski definition) is 1. The van der Waals surface area contributed by atoms with E-state index in [0.29, 0.717) is 19.6 Å². The first-order valence-electron chi connectivity index (χ1n) is 9.79. The topological polar surface area (TPSA) is 90.8 Å². The Morgan fingerprint density at radius 2 is 1.67 bits per heavy atom. The molecule has 1 aromatic rings. The predicted molar refractivity (Wildman–Crippen MR) is 99.7 cm³/mol. The number of carbonyl (C=O) groups excluding carboxylic acids is 2. The van der Waals surface area contributed by atoms with Crippen molar-refractivity contribution in [2.75, 3.05) is 26.2 Å². The van der Waals surface area contributed by atoms with Crippen LogP contribution in [0.5, 0.6) is 0 Å². The monoisotopic (exact) mass is 391 g/mol. The summed E-state index contributed by atoms with van der Waals surface area (Å²) in [5.41, 5.74) is 0. The van der Waals surface area contributed by atoms with E-state index in [1.807, 2.05) is 9.80 Å². The van der Waals surface area contributed by atoms with Gasteiger partial charge in [-0.05, 0) is 38.5 Å². The Bertz CT molecular complexity index is 737. The molecule has 1 N–H and O–H groups in total. The van der Waals surface area contributed by atoms with Crippen LogP contribution in [0.3, 0.4) is 0 Å². The van der Waals surface area contributed by atoms with Crippen molar-refractivity contribution in [1.29, 1.82) is 0 Å². The van der Waals surface area contributed by atoms with E-state index in [0.717, 1.165) is 50.1 Å². The molecule has 27 heavy (non-hydrogen) atoms. The molecule has 3 aliphatic rings. The number of piperidine rings is 2. The molecule has 0 bridgehead atoms. The third kappa shape index (κ3) is 4.00. The van der Waals surface area contributed by atoms with E-state index in [-0.39, 0.29) is 34.4 Å². The van der Waals surface area contributed by atoms with E-state index in [4.69, 9.17) is 5.11 Å². The molecule has 2 amide bonds. The molecule has 2 aliphatic heterocycles. The third-order valence-corrected chi connectivity index (χ3v) is 7.05. The van der Waals surface area contributed by atoms with Gasteiger partial charge in [-0.1, -0.05) is 0 Å². The fourth-order valence-electron chi connectivity index (χ4n) is 4.15. The summed E-state index contributed by atoms with van der Waals surface area (Å²) < 4.78 is 0. The molecule has 0 spiro atoms. The van der Waals surface area contributed by atoms with E-state index in [1.54, 1.807) is 0 Å². The molecule has 7 nitrogen and oxygen atoms in total. The maximum atomic E-state index is 12.9. The van der Waals surface area contributed by atoms with Crippen LogP contribution in [0, 0.1) is 11.8 Å². The van der Waals surface area contributed by atoms with E-state index in [9.17, 15) is 14.4 Å². The van der Waals surface area contributed by atoms with Gasteiger partial charge in [-0.15, -0.1) is 11.3 Å². The summed E-state index contributed by atoms with van der Waals surface area (Å²) in [6.45, 7) is 2.72. The van der Waals surface area contributed by atoms with Crippen LogP contribution in [-0.2, 0) is 9.59 Å². The van der Waals surface area contributed by atoms with Gasteiger partial charge in [-0.3, -0.25) is 9.59 Å². The Labute approximate surface area is 162 Å². The van der Waals surface area contributed by atoms with Crippen LogP contribution >= 0.6 is 11.3 Å². The Hall–Kier alpha value is -1.96. The summed E-state index contributed by atoms with van der Waals surface area (Å²) in [4.78, 5) is 44.6. The summed E-state index contributed by atoms with van der Waals surface area (Å²) in [5.74, 6) is -0.156. The molecule has 8 heteroatoms. The van der Waals surface area contributed by atoms with E-state index >= 15 is 0 Å². The number of thiazole rings is 1. The van der Waals surface area contributed by atoms with Crippen molar-refractivity contribution in [3.8, 4) is 0 Å². The van der Waals surface area contributed by atoms with E-state index in [2.05, 4.69) is 4.98 Å². The maximum absolute atomic E-state index is 12.9. The van der Waals surface area contributed by atoms with Gasteiger partial charge in [0, 0.05) is 38.0 Å². The highest BCUT2D eigenvalue weighted by molar-refractivity contribution is 7.13. The first-order valence-corrected chi connectivity index (χ1v) is 10.6. The molecule has 1 aromatic heterocycles. The lowest BCUT2D eigenvalue weighted by atomic mass is 9.93. The lowest BCUT2D eigenvalue weighted by Gasteiger charge is -2.37. The standard InChI is InChI=1S/C19H25N3O4S/c23-17(13-3-4-13)22-7-1-2-14(11-22)18(24)21-8-5-12(6-9-21)16-20-10-15(27-16)19(25)26/h10,12-14H,1-9,11H2,(H,25,26). The fourth-order valence-corrected chi connectivity index (χ4v) is 5.07. The minimum atomic E-state index is -0.936. The highest BCUT2D eigenvalue weighted by Gasteiger charge is 2.38. The van der Waals surface area contributed by atoms with Gasteiger partial charge in [0.2, 0.25) is 11.8 Å². The first-order chi connectivity index (χ1) is 13.0. The molecule has 146 valence electrons. The molecule has 0 radical (unpaired) electrons. The summed E-state index contributed by atoms with van der Waals surface area (Å²) in [6, 6.07) is 0. The number of likely N-dealkylation sites (tertiary alicyclic amines) is 2.